The van der Waals surface area contributed by atoms with Gasteiger partial charge >= 0.3 is 0 Å². The molecule has 4 rings (SSSR count). The fourth-order valence-corrected chi connectivity index (χ4v) is 3.96. The highest BCUT2D eigenvalue weighted by Gasteiger charge is 2.35. The maximum absolute atomic E-state index is 5.69. The van der Waals surface area contributed by atoms with Crippen LogP contribution in [-0.4, -0.2) is 32.5 Å². The Morgan fingerprint density at radius 3 is 2.77 bits per heavy atom. The normalized spacial score (nSPS) is 16.7. The van der Waals surface area contributed by atoms with Gasteiger partial charge in [-0.25, -0.2) is 4.98 Å². The second kappa shape index (κ2) is 7.08. The molecular formula is C21H26N4O. The zero-order valence-electron chi connectivity index (χ0n) is 15.6. The van der Waals surface area contributed by atoms with Gasteiger partial charge in [-0.05, 0) is 32.3 Å². The summed E-state index contributed by atoms with van der Waals surface area (Å²) in [5, 5.41) is 4.42. The second-order valence-corrected chi connectivity index (χ2v) is 7.25. The first-order valence-corrected chi connectivity index (χ1v) is 9.38. The Morgan fingerprint density at radius 2 is 2.04 bits per heavy atom. The van der Waals surface area contributed by atoms with Crippen molar-refractivity contribution in [2.75, 3.05) is 13.2 Å². The molecule has 1 fully saturated rings. The SMILES string of the molecule is CCn1cc(-c2cncn2CC2(c3cccc(C)c3)CCOCC2)cn1. The maximum atomic E-state index is 5.69. The minimum atomic E-state index is 0.0838. The van der Waals surface area contributed by atoms with Gasteiger partial charge in [0, 0.05) is 43.5 Å². The average molecular weight is 350 g/mol. The lowest BCUT2D eigenvalue weighted by Crippen LogP contribution is -2.38. The molecule has 0 amide bonds. The minimum absolute atomic E-state index is 0.0838. The Hall–Kier alpha value is -2.40. The smallest absolute Gasteiger partial charge is 0.0951 e. The predicted octanol–water partition coefficient (Wildman–Crippen LogP) is 3.82. The molecule has 0 unspecified atom stereocenters. The molecule has 3 aromatic rings. The molecule has 1 aromatic carbocycles. The van der Waals surface area contributed by atoms with Gasteiger partial charge in [0.1, 0.15) is 0 Å². The molecule has 0 bridgehead atoms. The summed E-state index contributed by atoms with van der Waals surface area (Å²) in [5.74, 6) is 0. The van der Waals surface area contributed by atoms with E-state index in [0.29, 0.717) is 0 Å². The van der Waals surface area contributed by atoms with Crippen LogP contribution in [0.3, 0.4) is 0 Å². The van der Waals surface area contributed by atoms with E-state index in [0.717, 1.165) is 50.4 Å². The maximum Gasteiger partial charge on any atom is 0.0951 e. The molecule has 2 aromatic heterocycles. The number of aryl methyl sites for hydroxylation is 2. The molecule has 136 valence electrons. The third kappa shape index (κ3) is 3.19. The third-order valence-electron chi connectivity index (χ3n) is 5.52. The summed E-state index contributed by atoms with van der Waals surface area (Å²) in [5.41, 5.74) is 5.05. The topological polar surface area (TPSA) is 44.9 Å². The second-order valence-electron chi connectivity index (χ2n) is 7.25. The van der Waals surface area contributed by atoms with E-state index < -0.39 is 0 Å². The fraction of sp³-hybridized carbons (Fsp3) is 0.429. The number of benzene rings is 1. The van der Waals surface area contributed by atoms with E-state index in [-0.39, 0.29) is 5.41 Å². The van der Waals surface area contributed by atoms with Gasteiger partial charge < -0.3 is 9.30 Å². The van der Waals surface area contributed by atoms with Gasteiger partial charge in [-0.15, -0.1) is 0 Å². The quantitative estimate of drug-likeness (QED) is 0.703. The molecule has 0 saturated carbocycles. The third-order valence-corrected chi connectivity index (χ3v) is 5.52. The minimum Gasteiger partial charge on any atom is -0.381 e. The highest BCUT2D eigenvalue weighted by molar-refractivity contribution is 5.56. The molecule has 26 heavy (non-hydrogen) atoms. The lowest BCUT2D eigenvalue weighted by Gasteiger charge is -2.38. The Bertz CT molecular complexity index is 874. The summed E-state index contributed by atoms with van der Waals surface area (Å²) in [6.45, 7) is 7.67. The number of ether oxygens (including phenoxy) is 1. The first kappa shape index (κ1) is 17.0. The van der Waals surface area contributed by atoms with Crippen molar-refractivity contribution in [2.24, 2.45) is 0 Å². The van der Waals surface area contributed by atoms with Crippen LogP contribution in [0.5, 0.6) is 0 Å². The molecule has 1 aliphatic rings. The zero-order valence-corrected chi connectivity index (χ0v) is 15.6. The number of rotatable bonds is 5. The van der Waals surface area contributed by atoms with Crippen molar-refractivity contribution >= 4 is 0 Å². The van der Waals surface area contributed by atoms with Crippen LogP contribution < -0.4 is 0 Å². The molecule has 0 aliphatic carbocycles. The summed E-state index contributed by atoms with van der Waals surface area (Å²) in [6, 6.07) is 8.93. The van der Waals surface area contributed by atoms with Crippen LogP contribution in [0.1, 0.15) is 30.9 Å². The summed E-state index contributed by atoms with van der Waals surface area (Å²) < 4.78 is 9.93. The van der Waals surface area contributed by atoms with Crippen molar-refractivity contribution in [3.63, 3.8) is 0 Å². The molecule has 1 saturated heterocycles. The number of imidazole rings is 1. The van der Waals surface area contributed by atoms with E-state index in [2.05, 4.69) is 59.0 Å². The molecule has 0 spiro atoms. The van der Waals surface area contributed by atoms with E-state index in [1.54, 1.807) is 0 Å². The van der Waals surface area contributed by atoms with Gasteiger partial charge in [0.2, 0.25) is 0 Å². The van der Waals surface area contributed by atoms with Crippen molar-refractivity contribution in [3.8, 4) is 11.3 Å². The van der Waals surface area contributed by atoms with Crippen molar-refractivity contribution in [1.82, 2.24) is 19.3 Å². The van der Waals surface area contributed by atoms with Crippen LogP contribution in [0.25, 0.3) is 11.3 Å². The van der Waals surface area contributed by atoms with Crippen LogP contribution in [0.2, 0.25) is 0 Å². The van der Waals surface area contributed by atoms with Crippen LogP contribution >= 0.6 is 0 Å². The molecular weight excluding hydrogens is 324 g/mol. The lowest BCUT2D eigenvalue weighted by molar-refractivity contribution is 0.0436. The van der Waals surface area contributed by atoms with E-state index in [4.69, 9.17) is 4.74 Å². The van der Waals surface area contributed by atoms with E-state index in [1.807, 2.05) is 23.4 Å². The first-order valence-electron chi connectivity index (χ1n) is 9.38. The first-order chi connectivity index (χ1) is 12.7. The van der Waals surface area contributed by atoms with Gasteiger partial charge in [-0.2, -0.15) is 5.10 Å². The summed E-state index contributed by atoms with van der Waals surface area (Å²) >= 11 is 0. The molecule has 0 radical (unpaired) electrons. The number of aromatic nitrogens is 4. The Balaban J connectivity index is 1.70. The predicted molar refractivity (Wildman–Crippen MR) is 102 cm³/mol. The summed E-state index contributed by atoms with van der Waals surface area (Å²) in [4.78, 5) is 4.44. The molecule has 5 heteroatoms. The lowest BCUT2D eigenvalue weighted by atomic mass is 9.73. The van der Waals surface area contributed by atoms with Gasteiger partial charge in [0.15, 0.2) is 0 Å². The van der Waals surface area contributed by atoms with E-state index in [9.17, 15) is 0 Å². The highest BCUT2D eigenvalue weighted by Crippen LogP contribution is 2.38. The van der Waals surface area contributed by atoms with Crippen LogP contribution in [-0.2, 0) is 23.2 Å². The standard InChI is InChI=1S/C21H26N4O/c1-3-25-14-18(12-23-25)20-13-22-16-24(20)15-21(7-9-26-10-8-21)19-6-4-5-17(2)11-19/h4-6,11-14,16H,3,7-10,15H2,1-2H3. The Kier molecular flexibility index (Phi) is 4.64. The number of hydrogen-bond acceptors (Lipinski definition) is 3. The van der Waals surface area contributed by atoms with Crippen molar-refractivity contribution in [3.05, 3.63) is 60.3 Å². The zero-order chi connectivity index (χ0) is 18.0. The van der Waals surface area contributed by atoms with Crippen molar-refractivity contribution in [1.29, 1.82) is 0 Å². The molecule has 5 nitrogen and oxygen atoms in total. The Labute approximate surface area is 154 Å². The van der Waals surface area contributed by atoms with Gasteiger partial charge in [0.25, 0.3) is 0 Å². The number of nitrogens with zero attached hydrogens (tertiary/aromatic N) is 4. The summed E-state index contributed by atoms with van der Waals surface area (Å²) in [7, 11) is 0. The highest BCUT2D eigenvalue weighted by atomic mass is 16.5. The van der Waals surface area contributed by atoms with Crippen LogP contribution in [0.4, 0.5) is 0 Å². The average Bonchev–Trinajstić information content (AvgIpc) is 3.31. The van der Waals surface area contributed by atoms with Crippen LogP contribution in [0, 0.1) is 6.92 Å². The largest absolute Gasteiger partial charge is 0.381 e. The van der Waals surface area contributed by atoms with Crippen molar-refractivity contribution < 1.29 is 4.74 Å². The molecule has 0 N–H and O–H groups in total. The molecule has 1 aliphatic heterocycles. The van der Waals surface area contributed by atoms with Crippen LogP contribution in [0.15, 0.2) is 49.2 Å². The summed E-state index contributed by atoms with van der Waals surface area (Å²) in [6.07, 6.45) is 9.98. The van der Waals surface area contributed by atoms with Gasteiger partial charge in [-0.1, -0.05) is 29.8 Å². The van der Waals surface area contributed by atoms with Crippen molar-refractivity contribution in [2.45, 2.75) is 45.2 Å². The molecule has 3 heterocycles. The Morgan fingerprint density at radius 1 is 1.19 bits per heavy atom. The molecule has 0 atom stereocenters. The van der Waals surface area contributed by atoms with E-state index >= 15 is 0 Å². The monoisotopic (exact) mass is 350 g/mol. The van der Waals surface area contributed by atoms with E-state index in [1.165, 1.54) is 11.1 Å². The van der Waals surface area contributed by atoms with Gasteiger partial charge in [-0.3, -0.25) is 4.68 Å². The fourth-order valence-electron chi connectivity index (χ4n) is 3.96. The van der Waals surface area contributed by atoms with Gasteiger partial charge in [0.05, 0.1) is 24.4 Å². The number of hydrogen-bond donors (Lipinski definition) is 0.